The highest BCUT2D eigenvalue weighted by Gasteiger charge is 2.04. The predicted octanol–water partition coefficient (Wildman–Crippen LogP) is 0.963. The average molecular weight is 189 g/mol. The molecule has 4 nitrogen and oxygen atoms in total. The molecule has 14 heavy (non-hydrogen) atoms. The van der Waals surface area contributed by atoms with Crippen molar-refractivity contribution in [1.29, 1.82) is 0 Å². The summed E-state index contributed by atoms with van der Waals surface area (Å²) in [5.41, 5.74) is 7.97. The Morgan fingerprint density at radius 3 is 2.64 bits per heavy atom. The van der Waals surface area contributed by atoms with Crippen LogP contribution >= 0.6 is 0 Å². The maximum absolute atomic E-state index is 11.2. The number of hydrogen-bond donors (Lipinski definition) is 2. The van der Waals surface area contributed by atoms with Gasteiger partial charge in [-0.3, -0.25) is 14.6 Å². The zero-order valence-corrected chi connectivity index (χ0v) is 7.82. The number of nitrogen functional groups attached to an aromatic ring is 1. The molecule has 1 heterocycles. The first-order valence-electron chi connectivity index (χ1n) is 4.29. The quantitative estimate of drug-likeness (QED) is 0.656. The molecular weight excluding hydrogens is 178 g/mol. The third-order valence-electron chi connectivity index (χ3n) is 2.14. The van der Waals surface area contributed by atoms with Gasteiger partial charge in [0.15, 0.2) is 0 Å². The number of H-pyrrole nitrogens is 1. The first-order chi connectivity index (χ1) is 6.68. The van der Waals surface area contributed by atoms with Crippen LogP contribution in [0.25, 0.3) is 11.3 Å². The summed E-state index contributed by atoms with van der Waals surface area (Å²) < 4.78 is 1.42. The van der Waals surface area contributed by atoms with Gasteiger partial charge in [0.05, 0.1) is 5.69 Å². The van der Waals surface area contributed by atoms with Gasteiger partial charge < -0.3 is 5.73 Å². The molecule has 0 aliphatic carbocycles. The number of anilines is 1. The van der Waals surface area contributed by atoms with E-state index in [1.165, 1.54) is 10.7 Å². The summed E-state index contributed by atoms with van der Waals surface area (Å²) in [6.07, 6.45) is 0. The Morgan fingerprint density at radius 2 is 2.07 bits per heavy atom. The van der Waals surface area contributed by atoms with E-state index in [9.17, 15) is 4.79 Å². The fourth-order valence-electron chi connectivity index (χ4n) is 1.37. The van der Waals surface area contributed by atoms with E-state index >= 15 is 0 Å². The van der Waals surface area contributed by atoms with E-state index in [0.29, 0.717) is 5.69 Å². The Labute approximate surface area is 81.0 Å². The van der Waals surface area contributed by atoms with Gasteiger partial charge in [-0.25, -0.2) is 0 Å². The maximum atomic E-state index is 11.2. The number of nitrogens with zero attached hydrogens (tertiary/aromatic N) is 1. The molecule has 0 aliphatic heterocycles. The monoisotopic (exact) mass is 189 g/mol. The van der Waals surface area contributed by atoms with Crippen LogP contribution in [-0.2, 0) is 7.05 Å². The first kappa shape index (κ1) is 8.62. The molecule has 0 aliphatic rings. The summed E-state index contributed by atoms with van der Waals surface area (Å²) in [6.45, 7) is 0. The summed E-state index contributed by atoms with van der Waals surface area (Å²) in [4.78, 5) is 11.2. The van der Waals surface area contributed by atoms with Gasteiger partial charge in [-0.2, -0.15) is 0 Å². The molecule has 0 amide bonds. The maximum Gasteiger partial charge on any atom is 0.266 e. The molecule has 0 radical (unpaired) electrons. The lowest BCUT2D eigenvalue weighted by atomic mass is 10.1. The Kier molecular flexibility index (Phi) is 1.89. The van der Waals surface area contributed by atoms with Gasteiger partial charge in [-0.05, 0) is 6.07 Å². The zero-order chi connectivity index (χ0) is 10.1. The fraction of sp³-hybridized carbons (Fsp3) is 0.100. The number of rotatable bonds is 1. The summed E-state index contributed by atoms with van der Waals surface area (Å²) in [5.74, 6) is 0. The predicted molar refractivity (Wildman–Crippen MR) is 55.9 cm³/mol. The Hall–Kier alpha value is -1.97. The van der Waals surface area contributed by atoms with Crippen LogP contribution in [0.5, 0.6) is 0 Å². The summed E-state index contributed by atoms with van der Waals surface area (Å²) >= 11 is 0. The first-order valence-corrected chi connectivity index (χ1v) is 4.29. The number of aryl methyl sites for hydroxylation is 1. The Morgan fingerprint density at radius 1 is 1.36 bits per heavy atom. The van der Waals surface area contributed by atoms with E-state index < -0.39 is 0 Å². The second-order valence-electron chi connectivity index (χ2n) is 3.15. The van der Waals surface area contributed by atoms with Crippen LogP contribution in [0.2, 0.25) is 0 Å². The molecule has 3 N–H and O–H groups in total. The second-order valence-corrected chi connectivity index (χ2v) is 3.15. The molecule has 2 rings (SSSR count). The number of benzene rings is 1. The molecule has 0 unspecified atom stereocenters. The molecule has 0 bridgehead atoms. The molecule has 4 heteroatoms. The lowest BCUT2D eigenvalue weighted by Gasteiger charge is -2.01. The molecule has 2 aromatic rings. The molecule has 0 atom stereocenters. The van der Waals surface area contributed by atoms with Crippen molar-refractivity contribution in [3.05, 3.63) is 40.7 Å². The normalized spacial score (nSPS) is 10.4. The van der Waals surface area contributed by atoms with Crippen molar-refractivity contribution >= 4 is 5.69 Å². The number of nitrogens with one attached hydrogen (secondary N) is 1. The molecule has 72 valence electrons. The van der Waals surface area contributed by atoms with E-state index in [1.54, 1.807) is 13.1 Å². The minimum atomic E-state index is -0.0664. The van der Waals surface area contributed by atoms with E-state index in [1.807, 2.05) is 18.2 Å². The van der Waals surface area contributed by atoms with Gasteiger partial charge in [0, 0.05) is 24.4 Å². The molecule has 1 aromatic carbocycles. The van der Waals surface area contributed by atoms with Crippen LogP contribution in [0.15, 0.2) is 35.1 Å². The number of aromatic nitrogens is 2. The van der Waals surface area contributed by atoms with Gasteiger partial charge in [-0.1, -0.05) is 18.2 Å². The fourth-order valence-corrected chi connectivity index (χ4v) is 1.37. The van der Waals surface area contributed by atoms with Crippen molar-refractivity contribution < 1.29 is 0 Å². The lowest BCUT2D eigenvalue weighted by molar-refractivity contribution is 0.742. The lowest BCUT2D eigenvalue weighted by Crippen LogP contribution is -2.09. The van der Waals surface area contributed by atoms with Crippen LogP contribution < -0.4 is 11.3 Å². The second kappa shape index (κ2) is 3.06. The Balaban J connectivity index is 2.60. The number of para-hydroxylation sites is 1. The summed E-state index contributed by atoms with van der Waals surface area (Å²) in [5, 5.41) is 2.93. The van der Waals surface area contributed by atoms with E-state index in [0.717, 1.165) is 11.3 Å². The van der Waals surface area contributed by atoms with Gasteiger partial charge in [0.25, 0.3) is 5.56 Å². The van der Waals surface area contributed by atoms with Crippen molar-refractivity contribution in [2.75, 3.05) is 5.73 Å². The van der Waals surface area contributed by atoms with E-state index in [4.69, 9.17) is 5.73 Å². The average Bonchev–Trinajstić information content (AvgIpc) is 2.48. The van der Waals surface area contributed by atoms with E-state index in [-0.39, 0.29) is 5.56 Å². The van der Waals surface area contributed by atoms with Crippen molar-refractivity contribution in [3.8, 4) is 11.3 Å². The molecule has 0 saturated heterocycles. The van der Waals surface area contributed by atoms with E-state index in [2.05, 4.69) is 5.10 Å². The largest absolute Gasteiger partial charge is 0.398 e. The highest BCUT2D eigenvalue weighted by molar-refractivity contribution is 5.73. The van der Waals surface area contributed by atoms with Crippen molar-refractivity contribution in [2.24, 2.45) is 7.05 Å². The SMILES string of the molecule is Cn1[nH]c(-c2ccccc2N)cc1=O. The summed E-state index contributed by atoms with van der Waals surface area (Å²) in [7, 11) is 1.67. The smallest absolute Gasteiger partial charge is 0.266 e. The van der Waals surface area contributed by atoms with Crippen LogP contribution in [0, 0.1) is 0 Å². The molecule has 0 saturated carbocycles. The zero-order valence-electron chi connectivity index (χ0n) is 7.82. The third-order valence-corrected chi connectivity index (χ3v) is 2.14. The molecular formula is C10H11N3O. The number of nitrogens with two attached hydrogens (primary N) is 1. The minimum absolute atomic E-state index is 0.0664. The molecule has 0 fully saturated rings. The van der Waals surface area contributed by atoms with Crippen LogP contribution in [-0.4, -0.2) is 9.78 Å². The topological polar surface area (TPSA) is 63.8 Å². The Bertz CT molecular complexity index is 510. The van der Waals surface area contributed by atoms with Gasteiger partial charge in [0.2, 0.25) is 0 Å². The minimum Gasteiger partial charge on any atom is -0.398 e. The van der Waals surface area contributed by atoms with Crippen LogP contribution in [0.3, 0.4) is 0 Å². The third kappa shape index (κ3) is 1.31. The van der Waals surface area contributed by atoms with Crippen LogP contribution in [0.4, 0.5) is 5.69 Å². The summed E-state index contributed by atoms with van der Waals surface area (Å²) in [6, 6.07) is 8.96. The number of aromatic amines is 1. The van der Waals surface area contributed by atoms with Crippen molar-refractivity contribution in [2.45, 2.75) is 0 Å². The van der Waals surface area contributed by atoms with Crippen LogP contribution in [0.1, 0.15) is 0 Å². The van der Waals surface area contributed by atoms with Gasteiger partial charge in [0.1, 0.15) is 0 Å². The molecule has 1 aromatic heterocycles. The van der Waals surface area contributed by atoms with Gasteiger partial charge in [-0.15, -0.1) is 0 Å². The standard InChI is InChI=1S/C10H11N3O/c1-13-10(14)6-9(12-13)7-4-2-3-5-8(7)11/h2-6,12H,11H2,1H3. The highest BCUT2D eigenvalue weighted by Crippen LogP contribution is 2.21. The highest BCUT2D eigenvalue weighted by atomic mass is 16.1. The van der Waals surface area contributed by atoms with Crippen molar-refractivity contribution in [3.63, 3.8) is 0 Å². The number of hydrogen-bond acceptors (Lipinski definition) is 2. The van der Waals surface area contributed by atoms with Crippen molar-refractivity contribution in [1.82, 2.24) is 9.78 Å². The molecule has 0 spiro atoms. The van der Waals surface area contributed by atoms with Gasteiger partial charge >= 0.3 is 0 Å².